The lowest BCUT2D eigenvalue weighted by Gasteiger charge is -2.19. The number of fused-ring (bicyclic) bond motifs is 1. The van der Waals surface area contributed by atoms with Crippen molar-refractivity contribution in [3.8, 4) is 5.75 Å². The van der Waals surface area contributed by atoms with Crippen molar-refractivity contribution in [2.75, 3.05) is 11.3 Å². The smallest absolute Gasteiger partial charge is 0.418 e. The molecule has 2 N–H and O–H groups in total. The molecule has 3 rings (SSSR count). The lowest BCUT2D eigenvalue weighted by atomic mass is 10.1. The van der Waals surface area contributed by atoms with Crippen LogP contribution in [0.5, 0.6) is 5.75 Å². The molecule has 0 bridgehead atoms. The van der Waals surface area contributed by atoms with Crippen molar-refractivity contribution in [2.45, 2.75) is 23.6 Å². The van der Waals surface area contributed by atoms with Crippen LogP contribution in [0.25, 0.3) is 0 Å². The number of ether oxygens (including phenoxy) is 1. The number of anilines is 1. The summed E-state index contributed by atoms with van der Waals surface area (Å²) in [5, 5.41) is 9.46. The van der Waals surface area contributed by atoms with Gasteiger partial charge in [-0.1, -0.05) is 18.2 Å². The Labute approximate surface area is 142 Å². The normalized spacial score (nSPS) is 15.4. The monoisotopic (exact) mass is 373 g/mol. The molecule has 1 heterocycles. The summed E-state index contributed by atoms with van der Waals surface area (Å²) < 4.78 is 70.8. The minimum atomic E-state index is -4.91. The van der Waals surface area contributed by atoms with Crippen LogP contribution in [0.2, 0.25) is 0 Å². The van der Waals surface area contributed by atoms with Crippen LogP contribution >= 0.6 is 0 Å². The summed E-state index contributed by atoms with van der Waals surface area (Å²) in [6, 6.07) is 9.09. The molecule has 1 atom stereocenters. The van der Waals surface area contributed by atoms with Crippen molar-refractivity contribution in [1.29, 1.82) is 0 Å². The van der Waals surface area contributed by atoms with Gasteiger partial charge in [-0.3, -0.25) is 4.72 Å². The fraction of sp³-hybridized carbons (Fsp3) is 0.250. The maximum Gasteiger partial charge on any atom is 0.418 e. The average molecular weight is 373 g/mol. The highest BCUT2D eigenvalue weighted by Crippen LogP contribution is 2.37. The van der Waals surface area contributed by atoms with E-state index >= 15 is 0 Å². The molecule has 2 aromatic rings. The third-order valence-electron chi connectivity index (χ3n) is 3.78. The fourth-order valence-electron chi connectivity index (χ4n) is 2.54. The van der Waals surface area contributed by atoms with Gasteiger partial charge in [0.2, 0.25) is 0 Å². The summed E-state index contributed by atoms with van der Waals surface area (Å²) in [5.74, 6) is 0.590. The first kappa shape index (κ1) is 17.6. The van der Waals surface area contributed by atoms with Crippen LogP contribution in [-0.2, 0) is 16.4 Å². The van der Waals surface area contributed by atoms with Crippen molar-refractivity contribution in [3.63, 3.8) is 0 Å². The number of hydrogen-bond donors (Lipinski definition) is 2. The van der Waals surface area contributed by atoms with Crippen LogP contribution in [0.1, 0.15) is 17.2 Å². The second kappa shape index (κ2) is 6.23. The lowest BCUT2D eigenvalue weighted by molar-refractivity contribution is -0.206. The Morgan fingerprint density at radius 1 is 1.16 bits per heavy atom. The Hall–Kier alpha value is -2.26. The van der Waals surface area contributed by atoms with Crippen molar-refractivity contribution in [2.24, 2.45) is 0 Å². The molecule has 0 radical (unpaired) electrons. The van der Waals surface area contributed by atoms with E-state index in [9.17, 15) is 26.7 Å². The van der Waals surface area contributed by atoms with Gasteiger partial charge in [0.1, 0.15) is 5.75 Å². The molecule has 25 heavy (non-hydrogen) atoms. The Bertz CT molecular complexity index is 896. The van der Waals surface area contributed by atoms with E-state index in [1.807, 2.05) is 0 Å². The van der Waals surface area contributed by atoms with Crippen LogP contribution in [0, 0.1) is 0 Å². The molecule has 5 nitrogen and oxygen atoms in total. The van der Waals surface area contributed by atoms with Gasteiger partial charge in [0.25, 0.3) is 10.0 Å². The summed E-state index contributed by atoms with van der Waals surface area (Å²) in [4.78, 5) is -0.0898. The van der Waals surface area contributed by atoms with Crippen LogP contribution in [0.15, 0.2) is 47.4 Å². The quantitative estimate of drug-likeness (QED) is 0.864. The largest absolute Gasteiger partial charge is 0.493 e. The van der Waals surface area contributed by atoms with Gasteiger partial charge < -0.3 is 9.84 Å². The van der Waals surface area contributed by atoms with Crippen LogP contribution in [0.3, 0.4) is 0 Å². The number of halogens is 3. The first-order chi connectivity index (χ1) is 11.7. The van der Waals surface area contributed by atoms with E-state index in [-0.39, 0.29) is 10.6 Å². The Morgan fingerprint density at radius 3 is 2.60 bits per heavy atom. The lowest BCUT2D eigenvalue weighted by Crippen LogP contribution is -2.22. The summed E-state index contributed by atoms with van der Waals surface area (Å²) >= 11 is 0. The molecule has 2 aromatic carbocycles. The molecule has 1 unspecified atom stereocenters. The molecule has 134 valence electrons. The molecule has 0 saturated carbocycles. The van der Waals surface area contributed by atoms with E-state index < -0.39 is 27.9 Å². The number of aliphatic hydroxyl groups excluding tert-OH is 1. The molecule has 0 fully saturated rings. The second-order valence-electron chi connectivity index (χ2n) is 5.50. The zero-order valence-corrected chi connectivity index (χ0v) is 13.6. The van der Waals surface area contributed by atoms with Gasteiger partial charge in [0.15, 0.2) is 6.10 Å². The maximum atomic E-state index is 12.8. The minimum absolute atomic E-state index is 0.0898. The van der Waals surface area contributed by atoms with Gasteiger partial charge in [0, 0.05) is 12.0 Å². The zero-order valence-electron chi connectivity index (χ0n) is 12.7. The predicted octanol–water partition coefficient (Wildman–Crippen LogP) is 3.02. The average Bonchev–Trinajstić information content (AvgIpc) is 3.01. The summed E-state index contributed by atoms with van der Waals surface area (Å²) in [7, 11) is -4.12. The molecule has 0 amide bonds. The zero-order chi connectivity index (χ0) is 18.2. The van der Waals surface area contributed by atoms with Crippen molar-refractivity contribution < 1.29 is 31.4 Å². The number of benzene rings is 2. The summed E-state index contributed by atoms with van der Waals surface area (Å²) in [5.41, 5.74) is -0.182. The van der Waals surface area contributed by atoms with Gasteiger partial charge >= 0.3 is 6.18 Å². The third-order valence-corrected chi connectivity index (χ3v) is 5.14. The van der Waals surface area contributed by atoms with E-state index in [0.29, 0.717) is 24.3 Å². The Balaban J connectivity index is 1.94. The highest BCUT2D eigenvalue weighted by molar-refractivity contribution is 7.92. The number of sulfonamides is 1. The SMILES string of the molecule is O=S(=O)(Nc1ccccc1C(O)C(F)(F)F)c1ccc2c(c1)CCO2. The minimum Gasteiger partial charge on any atom is -0.493 e. The van der Waals surface area contributed by atoms with E-state index in [1.165, 1.54) is 36.4 Å². The van der Waals surface area contributed by atoms with Gasteiger partial charge in [0.05, 0.1) is 17.2 Å². The number of aliphatic hydroxyl groups is 1. The Kier molecular flexibility index (Phi) is 4.38. The van der Waals surface area contributed by atoms with Crippen LogP contribution in [0.4, 0.5) is 18.9 Å². The van der Waals surface area contributed by atoms with Gasteiger partial charge in [-0.05, 0) is 29.8 Å². The first-order valence-corrected chi connectivity index (χ1v) is 8.79. The molecule has 9 heteroatoms. The summed E-state index contributed by atoms with van der Waals surface area (Å²) in [6.45, 7) is 0.451. The van der Waals surface area contributed by atoms with Gasteiger partial charge in [-0.25, -0.2) is 8.42 Å². The van der Waals surface area contributed by atoms with Gasteiger partial charge in [-0.15, -0.1) is 0 Å². The molecule has 1 aliphatic rings. The molecule has 0 aliphatic carbocycles. The molecule has 0 saturated heterocycles. The molecular weight excluding hydrogens is 359 g/mol. The Morgan fingerprint density at radius 2 is 1.88 bits per heavy atom. The maximum absolute atomic E-state index is 12.8. The first-order valence-electron chi connectivity index (χ1n) is 7.31. The predicted molar refractivity (Wildman–Crippen MR) is 83.9 cm³/mol. The third kappa shape index (κ3) is 3.57. The summed E-state index contributed by atoms with van der Waals surface area (Å²) in [6.07, 6.45) is -7.14. The van der Waals surface area contributed by atoms with Crippen molar-refractivity contribution in [1.82, 2.24) is 0 Å². The highest BCUT2D eigenvalue weighted by atomic mass is 32.2. The van der Waals surface area contributed by atoms with Crippen molar-refractivity contribution in [3.05, 3.63) is 53.6 Å². The van der Waals surface area contributed by atoms with Crippen LogP contribution < -0.4 is 9.46 Å². The van der Waals surface area contributed by atoms with Crippen molar-refractivity contribution >= 4 is 15.7 Å². The number of para-hydroxylation sites is 1. The molecule has 0 spiro atoms. The second-order valence-corrected chi connectivity index (χ2v) is 7.19. The molecule has 0 aromatic heterocycles. The number of nitrogens with one attached hydrogen (secondary N) is 1. The van der Waals surface area contributed by atoms with E-state index in [2.05, 4.69) is 4.72 Å². The van der Waals surface area contributed by atoms with Crippen LogP contribution in [-0.4, -0.2) is 26.3 Å². The highest BCUT2D eigenvalue weighted by Gasteiger charge is 2.40. The fourth-order valence-corrected chi connectivity index (χ4v) is 3.68. The molecular formula is C16H14F3NO4S. The standard InChI is InChI=1S/C16H14F3NO4S/c17-16(18,19)15(21)12-3-1-2-4-13(12)20-25(22,23)11-5-6-14-10(9-11)7-8-24-14/h1-6,9,15,20-21H,7-8H2. The number of hydrogen-bond acceptors (Lipinski definition) is 4. The van der Waals surface area contributed by atoms with E-state index in [1.54, 1.807) is 0 Å². The number of alkyl halides is 3. The molecule has 1 aliphatic heterocycles. The van der Waals surface area contributed by atoms with E-state index in [0.717, 1.165) is 6.07 Å². The topological polar surface area (TPSA) is 75.6 Å². The van der Waals surface area contributed by atoms with E-state index in [4.69, 9.17) is 4.74 Å². The van der Waals surface area contributed by atoms with Gasteiger partial charge in [-0.2, -0.15) is 13.2 Å². The number of rotatable bonds is 4.